The summed E-state index contributed by atoms with van der Waals surface area (Å²) in [6.07, 6.45) is 1.14. The maximum Gasteiger partial charge on any atom is 0.121 e. The van der Waals surface area contributed by atoms with Crippen LogP contribution in [0.1, 0.15) is 12.5 Å². The molecule has 0 radical (unpaired) electrons. The van der Waals surface area contributed by atoms with Crippen molar-refractivity contribution >= 4 is 18.1 Å². The van der Waals surface area contributed by atoms with Crippen molar-refractivity contribution < 1.29 is 4.74 Å². The lowest BCUT2D eigenvalue weighted by atomic mass is 10.1. The number of nitrogens with one attached hydrogen (secondary N) is 1. The second-order valence-corrected chi connectivity index (χ2v) is 2.93. The predicted molar refractivity (Wildman–Crippen MR) is 57.1 cm³/mol. The number of ether oxygens (including phenoxy) is 1. The highest BCUT2D eigenvalue weighted by Gasteiger charge is 2.09. The number of rotatable bonds is 2. The molecule has 1 aromatic rings. The van der Waals surface area contributed by atoms with Gasteiger partial charge in [0, 0.05) is 18.3 Å². The molecule has 2 nitrogen and oxygen atoms in total. The Morgan fingerprint density at radius 3 is 3.08 bits per heavy atom. The summed E-state index contributed by atoms with van der Waals surface area (Å²) in [7, 11) is 0. The van der Waals surface area contributed by atoms with Gasteiger partial charge in [0.05, 0.1) is 6.61 Å². The van der Waals surface area contributed by atoms with Crippen molar-refractivity contribution in [2.24, 2.45) is 0 Å². The highest BCUT2D eigenvalue weighted by Crippen LogP contribution is 2.26. The SMILES string of the molecule is CCOc1ccc2c(c1)NCC2.Cl. The van der Waals surface area contributed by atoms with Gasteiger partial charge >= 0.3 is 0 Å². The molecule has 0 spiro atoms. The van der Waals surface area contributed by atoms with E-state index in [-0.39, 0.29) is 12.4 Å². The van der Waals surface area contributed by atoms with Crippen molar-refractivity contribution in [3.63, 3.8) is 0 Å². The van der Waals surface area contributed by atoms with Gasteiger partial charge in [-0.3, -0.25) is 0 Å². The summed E-state index contributed by atoms with van der Waals surface area (Å²) in [5.74, 6) is 0.964. The van der Waals surface area contributed by atoms with Gasteiger partial charge in [-0.05, 0) is 25.0 Å². The van der Waals surface area contributed by atoms with Gasteiger partial charge in [0.1, 0.15) is 5.75 Å². The second-order valence-electron chi connectivity index (χ2n) is 2.93. The molecule has 0 atom stereocenters. The highest BCUT2D eigenvalue weighted by atomic mass is 35.5. The molecule has 1 aromatic carbocycles. The molecule has 0 aliphatic carbocycles. The summed E-state index contributed by atoms with van der Waals surface area (Å²) in [5.41, 5.74) is 2.64. The number of fused-ring (bicyclic) bond motifs is 1. The molecule has 0 saturated heterocycles. The van der Waals surface area contributed by atoms with Crippen molar-refractivity contribution in [3.05, 3.63) is 23.8 Å². The summed E-state index contributed by atoms with van der Waals surface area (Å²) < 4.78 is 5.39. The van der Waals surface area contributed by atoms with Crippen LogP contribution in [0.4, 0.5) is 5.69 Å². The van der Waals surface area contributed by atoms with Crippen LogP contribution >= 0.6 is 12.4 Å². The highest BCUT2D eigenvalue weighted by molar-refractivity contribution is 5.85. The van der Waals surface area contributed by atoms with Crippen LogP contribution in [0.3, 0.4) is 0 Å². The molecule has 72 valence electrons. The van der Waals surface area contributed by atoms with Crippen LogP contribution in [0.2, 0.25) is 0 Å². The zero-order valence-corrected chi connectivity index (χ0v) is 8.49. The van der Waals surface area contributed by atoms with E-state index in [2.05, 4.69) is 17.4 Å². The third-order valence-electron chi connectivity index (χ3n) is 2.10. The molecule has 2 rings (SSSR count). The first-order chi connectivity index (χ1) is 5.90. The van der Waals surface area contributed by atoms with Crippen LogP contribution in [0.5, 0.6) is 5.75 Å². The minimum absolute atomic E-state index is 0. The zero-order valence-electron chi connectivity index (χ0n) is 7.67. The maximum atomic E-state index is 5.39. The largest absolute Gasteiger partial charge is 0.494 e. The average molecular weight is 200 g/mol. The quantitative estimate of drug-likeness (QED) is 0.790. The Balaban J connectivity index is 0.000000845. The van der Waals surface area contributed by atoms with Gasteiger partial charge < -0.3 is 10.1 Å². The standard InChI is InChI=1S/C10H13NO.ClH/c1-2-12-9-4-3-8-5-6-11-10(8)7-9;/h3-4,7,11H,2,5-6H2,1H3;1H. The Morgan fingerprint density at radius 2 is 2.31 bits per heavy atom. The minimum atomic E-state index is 0. The van der Waals surface area contributed by atoms with Crippen molar-refractivity contribution in [1.82, 2.24) is 0 Å². The molecule has 3 heteroatoms. The topological polar surface area (TPSA) is 21.3 Å². The molecule has 0 aromatic heterocycles. The third kappa shape index (κ3) is 2.07. The first-order valence-corrected chi connectivity index (χ1v) is 4.40. The molecule has 13 heavy (non-hydrogen) atoms. The molecule has 0 bridgehead atoms. The lowest BCUT2D eigenvalue weighted by Gasteiger charge is -2.05. The van der Waals surface area contributed by atoms with Gasteiger partial charge in [0.2, 0.25) is 0 Å². The van der Waals surface area contributed by atoms with Gasteiger partial charge in [-0.25, -0.2) is 0 Å². The summed E-state index contributed by atoms with van der Waals surface area (Å²) in [6.45, 7) is 3.80. The predicted octanol–water partition coefficient (Wildman–Crippen LogP) is 2.48. The molecule has 0 saturated carbocycles. The smallest absolute Gasteiger partial charge is 0.121 e. The molecular formula is C10H14ClNO. The zero-order chi connectivity index (χ0) is 8.39. The molecule has 0 unspecified atom stereocenters. The van der Waals surface area contributed by atoms with Gasteiger partial charge in [-0.2, -0.15) is 0 Å². The summed E-state index contributed by atoms with van der Waals surface area (Å²) in [4.78, 5) is 0. The van der Waals surface area contributed by atoms with Crippen molar-refractivity contribution in [2.75, 3.05) is 18.5 Å². The molecule has 1 aliphatic rings. The first-order valence-electron chi connectivity index (χ1n) is 4.40. The molecular weight excluding hydrogens is 186 g/mol. The van der Waals surface area contributed by atoms with Crippen LogP contribution < -0.4 is 10.1 Å². The molecule has 1 N–H and O–H groups in total. The fraction of sp³-hybridized carbons (Fsp3) is 0.400. The lowest BCUT2D eigenvalue weighted by Crippen LogP contribution is -1.93. The van der Waals surface area contributed by atoms with Crippen molar-refractivity contribution in [2.45, 2.75) is 13.3 Å². The van der Waals surface area contributed by atoms with Crippen LogP contribution in [-0.4, -0.2) is 13.2 Å². The van der Waals surface area contributed by atoms with Gasteiger partial charge in [0.25, 0.3) is 0 Å². The Kier molecular flexibility index (Phi) is 3.43. The fourth-order valence-corrected chi connectivity index (χ4v) is 1.53. The molecule has 1 aliphatic heterocycles. The summed E-state index contributed by atoms with van der Waals surface area (Å²) in [5, 5.41) is 3.32. The normalized spacial score (nSPS) is 12.7. The monoisotopic (exact) mass is 199 g/mol. The molecule has 0 amide bonds. The van der Waals surface area contributed by atoms with Gasteiger partial charge in [-0.15, -0.1) is 12.4 Å². The maximum absolute atomic E-state index is 5.39. The average Bonchev–Trinajstić information content (AvgIpc) is 2.51. The third-order valence-corrected chi connectivity index (χ3v) is 2.10. The molecule has 1 heterocycles. The van der Waals surface area contributed by atoms with E-state index in [1.54, 1.807) is 0 Å². The van der Waals surface area contributed by atoms with E-state index in [9.17, 15) is 0 Å². The van der Waals surface area contributed by atoms with E-state index in [1.165, 1.54) is 11.3 Å². The van der Waals surface area contributed by atoms with Crippen LogP contribution in [-0.2, 0) is 6.42 Å². The van der Waals surface area contributed by atoms with E-state index < -0.39 is 0 Å². The van der Waals surface area contributed by atoms with Crippen LogP contribution in [0.15, 0.2) is 18.2 Å². The fourth-order valence-electron chi connectivity index (χ4n) is 1.53. The Labute approximate surface area is 84.7 Å². The number of hydrogen-bond acceptors (Lipinski definition) is 2. The van der Waals surface area contributed by atoms with Crippen molar-refractivity contribution in [1.29, 1.82) is 0 Å². The Morgan fingerprint density at radius 1 is 1.46 bits per heavy atom. The van der Waals surface area contributed by atoms with E-state index >= 15 is 0 Å². The van der Waals surface area contributed by atoms with Gasteiger partial charge in [-0.1, -0.05) is 6.07 Å². The van der Waals surface area contributed by atoms with E-state index in [0.717, 1.165) is 25.3 Å². The Bertz CT molecular complexity index is 288. The van der Waals surface area contributed by atoms with Gasteiger partial charge in [0.15, 0.2) is 0 Å². The van der Waals surface area contributed by atoms with E-state index in [4.69, 9.17) is 4.74 Å². The first kappa shape index (κ1) is 10.2. The van der Waals surface area contributed by atoms with Crippen LogP contribution in [0.25, 0.3) is 0 Å². The van der Waals surface area contributed by atoms with E-state index in [1.807, 2.05) is 13.0 Å². The van der Waals surface area contributed by atoms with Crippen molar-refractivity contribution in [3.8, 4) is 5.75 Å². The number of benzene rings is 1. The number of anilines is 1. The lowest BCUT2D eigenvalue weighted by molar-refractivity contribution is 0.340. The van der Waals surface area contributed by atoms with E-state index in [0.29, 0.717) is 0 Å². The summed E-state index contributed by atoms with van der Waals surface area (Å²) >= 11 is 0. The minimum Gasteiger partial charge on any atom is -0.494 e. The Hall–Kier alpha value is -0.890. The number of hydrogen-bond donors (Lipinski definition) is 1. The molecule has 0 fully saturated rings. The second kappa shape index (κ2) is 4.38. The number of halogens is 1. The van der Waals surface area contributed by atoms with Crippen LogP contribution in [0, 0.1) is 0 Å². The summed E-state index contributed by atoms with van der Waals surface area (Å²) in [6, 6.07) is 6.25.